The number of hydrogen-bond donors (Lipinski definition) is 0. The molecular weight excluding hydrogens is 564 g/mol. The Morgan fingerprint density at radius 2 is 1.68 bits per heavy atom. The highest BCUT2D eigenvalue weighted by atomic mass is 16.6. The highest BCUT2D eigenvalue weighted by molar-refractivity contribution is 5.88. The number of hydrogen-bond acceptors (Lipinski definition) is 9. The Kier molecular flexibility index (Phi) is 11.1. The molecule has 0 spiro atoms. The van der Waals surface area contributed by atoms with Gasteiger partial charge in [0, 0.05) is 31.8 Å². The van der Waals surface area contributed by atoms with E-state index in [2.05, 4.69) is 0 Å². The summed E-state index contributed by atoms with van der Waals surface area (Å²) < 4.78 is 11.3. The van der Waals surface area contributed by atoms with Crippen LogP contribution >= 0.6 is 0 Å². The third-order valence-corrected chi connectivity index (χ3v) is 8.00. The van der Waals surface area contributed by atoms with E-state index < -0.39 is 40.6 Å². The maximum atomic E-state index is 14.6. The van der Waals surface area contributed by atoms with Crippen LogP contribution in [0.15, 0.2) is 54.6 Å². The second-order valence-electron chi connectivity index (χ2n) is 12.4. The summed E-state index contributed by atoms with van der Waals surface area (Å²) in [5.41, 5.74) is 1.08. The monoisotopic (exact) mass is 608 g/mol. The van der Waals surface area contributed by atoms with E-state index in [4.69, 9.17) is 9.47 Å². The molecule has 2 fully saturated rings. The normalized spacial score (nSPS) is 20.0. The van der Waals surface area contributed by atoms with Crippen molar-refractivity contribution in [3.63, 3.8) is 0 Å². The van der Waals surface area contributed by atoms with Crippen molar-refractivity contribution >= 4 is 23.5 Å². The average molecular weight is 609 g/mol. The van der Waals surface area contributed by atoms with E-state index in [1.54, 1.807) is 24.1 Å². The Bertz CT molecular complexity index is 1300. The molecule has 0 unspecified atom stereocenters. The van der Waals surface area contributed by atoms with E-state index in [0.717, 1.165) is 17.5 Å². The van der Waals surface area contributed by atoms with Gasteiger partial charge in [0.05, 0.1) is 17.6 Å². The summed E-state index contributed by atoms with van der Waals surface area (Å²) in [5, 5.41) is 14.7. The molecule has 11 heteroatoms. The van der Waals surface area contributed by atoms with Crippen molar-refractivity contribution in [3.8, 4) is 0 Å². The van der Waals surface area contributed by atoms with Gasteiger partial charge in [0.15, 0.2) is 0 Å². The molecule has 0 radical (unpaired) electrons. The first-order chi connectivity index (χ1) is 21.0. The van der Waals surface area contributed by atoms with Crippen LogP contribution in [0, 0.1) is 10.1 Å². The zero-order valence-electron chi connectivity index (χ0n) is 26.1. The molecule has 2 saturated heterocycles. The lowest BCUT2D eigenvalue weighted by molar-refractivity contribution is -0.384. The number of ether oxygens (including phenoxy) is 2. The van der Waals surface area contributed by atoms with Gasteiger partial charge < -0.3 is 9.47 Å². The largest absolute Gasteiger partial charge is 0.465 e. The highest BCUT2D eigenvalue weighted by Crippen LogP contribution is 2.30. The number of benzene rings is 2. The molecule has 0 bridgehead atoms. The molecule has 3 atom stereocenters. The van der Waals surface area contributed by atoms with Crippen molar-refractivity contribution < 1.29 is 28.8 Å². The SMILES string of the molecule is CCOC(=O)[C@H](CCc1ccc([N+](=O)[O-])cc1)N(Cc1ccccc1)[C@H]1CCCN2CCC[C@@H](C(=O)OC(C)(C)C)N2C1=O. The Balaban J connectivity index is 1.69. The second-order valence-corrected chi connectivity index (χ2v) is 12.4. The smallest absolute Gasteiger partial charge is 0.331 e. The molecule has 0 aliphatic carbocycles. The highest BCUT2D eigenvalue weighted by Gasteiger charge is 2.46. The average Bonchev–Trinajstić information content (AvgIpc) is 3.15. The zero-order chi connectivity index (χ0) is 31.9. The lowest BCUT2D eigenvalue weighted by Crippen LogP contribution is -2.63. The molecule has 2 heterocycles. The van der Waals surface area contributed by atoms with Crippen LogP contribution in [-0.4, -0.2) is 81.1 Å². The van der Waals surface area contributed by atoms with Crippen LogP contribution in [0.3, 0.4) is 0 Å². The quantitative estimate of drug-likeness (QED) is 0.203. The molecule has 2 aliphatic heterocycles. The number of non-ortho nitro benzene ring substituents is 1. The molecule has 238 valence electrons. The number of fused-ring (bicyclic) bond motifs is 1. The summed E-state index contributed by atoms with van der Waals surface area (Å²) in [5.74, 6) is -1.08. The van der Waals surface area contributed by atoms with Gasteiger partial charge in [0.1, 0.15) is 17.7 Å². The molecule has 44 heavy (non-hydrogen) atoms. The molecular formula is C33H44N4O7. The summed E-state index contributed by atoms with van der Waals surface area (Å²) in [7, 11) is 0. The van der Waals surface area contributed by atoms with Gasteiger partial charge in [0.25, 0.3) is 11.6 Å². The van der Waals surface area contributed by atoms with E-state index in [-0.39, 0.29) is 18.2 Å². The van der Waals surface area contributed by atoms with Crippen molar-refractivity contribution in [2.24, 2.45) is 0 Å². The minimum Gasteiger partial charge on any atom is -0.465 e. The van der Waals surface area contributed by atoms with E-state index in [1.807, 2.05) is 61.0 Å². The number of aryl methyl sites for hydroxylation is 1. The van der Waals surface area contributed by atoms with Crippen LogP contribution in [0.2, 0.25) is 0 Å². The van der Waals surface area contributed by atoms with Crippen molar-refractivity contribution in [3.05, 3.63) is 75.8 Å². The lowest BCUT2D eigenvalue weighted by atomic mass is 9.98. The number of nitrogens with zero attached hydrogens (tertiary/aromatic N) is 4. The van der Waals surface area contributed by atoms with Crippen LogP contribution in [0.25, 0.3) is 0 Å². The summed E-state index contributed by atoms with van der Waals surface area (Å²) in [6.07, 6.45) is 3.28. The van der Waals surface area contributed by atoms with Crippen molar-refractivity contribution in [1.82, 2.24) is 14.9 Å². The topological polar surface area (TPSA) is 123 Å². The van der Waals surface area contributed by atoms with Gasteiger partial charge in [0.2, 0.25) is 0 Å². The Hall–Kier alpha value is -3.83. The van der Waals surface area contributed by atoms with Crippen molar-refractivity contribution in [2.45, 2.75) is 96.5 Å². The Morgan fingerprint density at radius 3 is 2.30 bits per heavy atom. The fourth-order valence-electron chi connectivity index (χ4n) is 6.02. The van der Waals surface area contributed by atoms with E-state index in [9.17, 15) is 24.5 Å². The minimum absolute atomic E-state index is 0.00363. The predicted octanol–water partition coefficient (Wildman–Crippen LogP) is 4.67. The molecule has 11 nitrogen and oxygen atoms in total. The summed E-state index contributed by atoms with van der Waals surface area (Å²) >= 11 is 0. The predicted molar refractivity (Wildman–Crippen MR) is 164 cm³/mol. The third kappa shape index (κ3) is 8.41. The standard InChI is InChI=1S/C33H44N4O7/c1-5-43-31(39)28(20-17-24-15-18-26(19-16-24)37(41)42)35(23-25-11-7-6-8-12-25)27-13-9-21-34-22-10-14-29(36(34)30(27)38)32(40)44-33(2,3)4/h6-8,11-12,15-16,18-19,27-29H,5,9-10,13-14,17,20-23H2,1-4H3/t27-,28-,29-/m0/s1. The molecule has 2 aromatic rings. The van der Waals surface area contributed by atoms with Crippen LogP contribution < -0.4 is 0 Å². The summed E-state index contributed by atoms with van der Waals surface area (Å²) in [6, 6.07) is 13.8. The van der Waals surface area contributed by atoms with Crippen molar-refractivity contribution in [2.75, 3.05) is 19.7 Å². The number of carbonyl (C=O) groups excluding carboxylic acids is 3. The lowest BCUT2D eigenvalue weighted by Gasteiger charge is -2.45. The van der Waals surface area contributed by atoms with Crippen LogP contribution in [0.5, 0.6) is 0 Å². The molecule has 0 aromatic heterocycles. The molecule has 4 rings (SSSR count). The van der Waals surface area contributed by atoms with E-state index >= 15 is 0 Å². The minimum atomic E-state index is -0.768. The number of nitro benzene ring substituents is 1. The van der Waals surface area contributed by atoms with Gasteiger partial charge in [-0.3, -0.25) is 29.6 Å². The maximum absolute atomic E-state index is 14.6. The first kappa shape index (κ1) is 33.1. The molecule has 0 N–H and O–H groups in total. The number of nitro groups is 1. The van der Waals surface area contributed by atoms with Gasteiger partial charge in [-0.1, -0.05) is 42.5 Å². The second kappa shape index (κ2) is 14.8. The maximum Gasteiger partial charge on any atom is 0.331 e. The first-order valence-corrected chi connectivity index (χ1v) is 15.5. The molecule has 2 aliphatic rings. The van der Waals surface area contributed by atoms with Crippen LogP contribution in [-0.2, 0) is 36.8 Å². The number of rotatable bonds is 11. The van der Waals surface area contributed by atoms with E-state index in [0.29, 0.717) is 51.7 Å². The fourth-order valence-corrected chi connectivity index (χ4v) is 6.02. The number of esters is 2. The number of hydrazine groups is 1. The fraction of sp³-hybridized carbons (Fsp3) is 0.545. The van der Waals surface area contributed by atoms with Gasteiger partial charge in [-0.25, -0.2) is 9.80 Å². The zero-order valence-corrected chi connectivity index (χ0v) is 26.1. The summed E-state index contributed by atoms with van der Waals surface area (Å²) in [4.78, 5) is 54.2. The third-order valence-electron chi connectivity index (χ3n) is 8.00. The van der Waals surface area contributed by atoms with Crippen LogP contribution in [0.4, 0.5) is 5.69 Å². The van der Waals surface area contributed by atoms with Crippen molar-refractivity contribution in [1.29, 1.82) is 0 Å². The Labute approximate surface area is 259 Å². The first-order valence-electron chi connectivity index (χ1n) is 15.5. The van der Waals surface area contributed by atoms with Gasteiger partial charge in [-0.05, 0) is 77.3 Å². The van der Waals surface area contributed by atoms with Gasteiger partial charge in [-0.2, -0.15) is 0 Å². The Morgan fingerprint density at radius 1 is 1.02 bits per heavy atom. The molecule has 1 amide bonds. The van der Waals surface area contributed by atoms with E-state index in [1.165, 1.54) is 12.1 Å². The van der Waals surface area contributed by atoms with Gasteiger partial charge >= 0.3 is 11.9 Å². The number of carbonyl (C=O) groups is 3. The number of amides is 1. The summed E-state index contributed by atoms with van der Waals surface area (Å²) in [6.45, 7) is 8.99. The molecule has 0 saturated carbocycles. The van der Waals surface area contributed by atoms with Crippen LogP contribution in [0.1, 0.15) is 70.9 Å². The van der Waals surface area contributed by atoms with Gasteiger partial charge in [-0.15, -0.1) is 0 Å². The molecule has 2 aromatic carbocycles.